The number of aromatic nitrogens is 2. The monoisotopic (exact) mass is 449 g/mol. The highest BCUT2D eigenvalue weighted by atomic mass is 35.5. The fourth-order valence-electron chi connectivity index (χ4n) is 2.48. The van der Waals surface area contributed by atoms with Gasteiger partial charge in [0, 0.05) is 5.56 Å². The van der Waals surface area contributed by atoms with Crippen molar-refractivity contribution in [3.8, 4) is 22.8 Å². The van der Waals surface area contributed by atoms with Gasteiger partial charge in [0.05, 0.1) is 41.4 Å². The Bertz CT molecular complexity index is 1020. The molecule has 0 aliphatic rings. The van der Waals surface area contributed by atoms with Crippen LogP contribution >= 0.6 is 35.0 Å². The summed E-state index contributed by atoms with van der Waals surface area (Å²) in [4.78, 5) is 12.2. The van der Waals surface area contributed by atoms with Crippen LogP contribution in [0.15, 0.2) is 53.6 Å². The van der Waals surface area contributed by atoms with E-state index in [1.165, 1.54) is 11.8 Å². The number of hydrogen-bond acceptors (Lipinski definition) is 6. The van der Waals surface area contributed by atoms with E-state index in [0.717, 1.165) is 5.56 Å². The average molecular weight is 450 g/mol. The van der Waals surface area contributed by atoms with Gasteiger partial charge in [0.25, 0.3) is 0 Å². The summed E-state index contributed by atoms with van der Waals surface area (Å²) < 4.78 is 10.6. The molecule has 0 aliphatic carbocycles. The summed E-state index contributed by atoms with van der Waals surface area (Å²) >= 11 is 13.3. The number of ether oxygens (including phenoxy) is 2. The van der Waals surface area contributed by atoms with Gasteiger partial charge in [0.15, 0.2) is 0 Å². The van der Waals surface area contributed by atoms with E-state index in [2.05, 4.69) is 15.5 Å². The molecule has 3 aromatic rings. The van der Waals surface area contributed by atoms with Crippen molar-refractivity contribution in [2.45, 2.75) is 5.03 Å². The predicted octanol–water partition coefficient (Wildman–Crippen LogP) is 5.20. The number of carbonyl (C=O) groups is 1. The second kappa shape index (κ2) is 9.82. The highest BCUT2D eigenvalue weighted by Gasteiger charge is 2.12. The van der Waals surface area contributed by atoms with Gasteiger partial charge in [-0.2, -0.15) is 0 Å². The summed E-state index contributed by atoms with van der Waals surface area (Å²) in [6.07, 6.45) is 0. The number of nitrogens with zero attached hydrogens (tertiary/aromatic N) is 2. The number of anilines is 1. The maximum atomic E-state index is 12.2. The quantitative estimate of drug-likeness (QED) is 0.499. The third-order valence-electron chi connectivity index (χ3n) is 3.90. The third-order valence-corrected chi connectivity index (χ3v) is 5.64. The number of methoxy groups -OCH3 is 2. The zero-order valence-corrected chi connectivity index (χ0v) is 17.9. The number of amides is 1. The van der Waals surface area contributed by atoms with Crippen molar-refractivity contribution in [3.63, 3.8) is 0 Å². The lowest BCUT2D eigenvalue weighted by Gasteiger charge is -2.10. The molecule has 0 aliphatic heterocycles. The smallest absolute Gasteiger partial charge is 0.234 e. The van der Waals surface area contributed by atoms with Crippen LogP contribution in [0.2, 0.25) is 10.0 Å². The number of halogens is 2. The van der Waals surface area contributed by atoms with E-state index in [-0.39, 0.29) is 11.7 Å². The molecule has 1 amide bonds. The van der Waals surface area contributed by atoms with Gasteiger partial charge in [-0.05, 0) is 42.5 Å². The normalized spacial score (nSPS) is 10.5. The fraction of sp³-hybridized carbons (Fsp3) is 0.150. The second-order valence-electron chi connectivity index (χ2n) is 5.76. The standard InChI is InChI=1S/C20H17Cl2N3O3S/c1-27-12-6-8-17(28-2)13(10-12)15-7-9-19(25-24-15)29-11-18(26)23-16-5-3-4-14(21)20(16)22/h3-10H,11H2,1-2H3,(H,23,26). The minimum Gasteiger partial charge on any atom is -0.497 e. The van der Waals surface area contributed by atoms with Crippen molar-refractivity contribution < 1.29 is 14.3 Å². The van der Waals surface area contributed by atoms with Gasteiger partial charge in [0.1, 0.15) is 16.5 Å². The zero-order chi connectivity index (χ0) is 20.8. The van der Waals surface area contributed by atoms with Crippen LogP contribution in [0, 0.1) is 0 Å². The SMILES string of the molecule is COc1ccc(OC)c(-c2ccc(SCC(=O)Nc3cccc(Cl)c3Cl)nn2)c1. The van der Waals surface area contributed by atoms with Crippen LogP contribution in [0.5, 0.6) is 11.5 Å². The lowest BCUT2D eigenvalue weighted by molar-refractivity contribution is -0.113. The minimum atomic E-state index is -0.223. The molecule has 29 heavy (non-hydrogen) atoms. The molecule has 2 aromatic carbocycles. The van der Waals surface area contributed by atoms with Crippen molar-refractivity contribution >= 4 is 46.6 Å². The van der Waals surface area contributed by atoms with Gasteiger partial charge in [-0.15, -0.1) is 10.2 Å². The molecule has 1 N–H and O–H groups in total. The van der Waals surface area contributed by atoms with E-state index in [1.807, 2.05) is 24.3 Å². The molecule has 0 spiro atoms. The maximum absolute atomic E-state index is 12.2. The number of rotatable bonds is 7. The second-order valence-corrected chi connectivity index (χ2v) is 7.54. The molecule has 0 radical (unpaired) electrons. The number of thioether (sulfide) groups is 1. The first kappa shape index (κ1) is 21.2. The topological polar surface area (TPSA) is 73.3 Å². The largest absolute Gasteiger partial charge is 0.497 e. The van der Waals surface area contributed by atoms with Crippen LogP contribution in [0.1, 0.15) is 0 Å². The van der Waals surface area contributed by atoms with Crippen LogP contribution in [0.3, 0.4) is 0 Å². The Hall–Kier alpha value is -2.48. The number of benzene rings is 2. The fourth-order valence-corrected chi connectivity index (χ4v) is 3.44. The Kier molecular flexibility index (Phi) is 7.19. The number of nitrogens with one attached hydrogen (secondary N) is 1. The van der Waals surface area contributed by atoms with Crippen LogP contribution in [-0.2, 0) is 4.79 Å². The van der Waals surface area contributed by atoms with Crippen molar-refractivity contribution in [2.24, 2.45) is 0 Å². The van der Waals surface area contributed by atoms with Crippen molar-refractivity contribution in [2.75, 3.05) is 25.3 Å². The van der Waals surface area contributed by atoms with E-state index < -0.39 is 0 Å². The Morgan fingerprint density at radius 3 is 2.59 bits per heavy atom. The maximum Gasteiger partial charge on any atom is 0.234 e. The molecule has 9 heteroatoms. The first-order valence-electron chi connectivity index (χ1n) is 8.44. The molecule has 3 rings (SSSR count). The van der Waals surface area contributed by atoms with Gasteiger partial charge in [0.2, 0.25) is 5.91 Å². The molecule has 0 saturated carbocycles. The number of carbonyl (C=O) groups excluding carboxylic acids is 1. The lowest BCUT2D eigenvalue weighted by atomic mass is 10.1. The molecular weight excluding hydrogens is 433 g/mol. The summed E-state index contributed by atoms with van der Waals surface area (Å²) in [5.41, 5.74) is 1.88. The minimum absolute atomic E-state index is 0.152. The average Bonchev–Trinajstić information content (AvgIpc) is 2.75. The van der Waals surface area contributed by atoms with Gasteiger partial charge in [-0.25, -0.2) is 0 Å². The molecule has 1 aromatic heterocycles. The van der Waals surface area contributed by atoms with Gasteiger partial charge in [-0.3, -0.25) is 4.79 Å². The van der Waals surface area contributed by atoms with E-state index in [0.29, 0.717) is 38.0 Å². The molecule has 0 unspecified atom stereocenters. The molecule has 0 fully saturated rings. The highest BCUT2D eigenvalue weighted by Crippen LogP contribution is 2.33. The molecule has 0 bridgehead atoms. The van der Waals surface area contributed by atoms with E-state index in [1.54, 1.807) is 38.5 Å². The first-order valence-corrected chi connectivity index (χ1v) is 10.2. The van der Waals surface area contributed by atoms with Crippen LogP contribution < -0.4 is 14.8 Å². The Morgan fingerprint density at radius 2 is 1.90 bits per heavy atom. The van der Waals surface area contributed by atoms with Crippen LogP contribution in [0.4, 0.5) is 5.69 Å². The zero-order valence-electron chi connectivity index (χ0n) is 15.6. The van der Waals surface area contributed by atoms with Crippen LogP contribution in [-0.4, -0.2) is 36.1 Å². The Morgan fingerprint density at radius 1 is 1.07 bits per heavy atom. The Balaban J connectivity index is 1.65. The van der Waals surface area contributed by atoms with Crippen molar-refractivity contribution in [3.05, 3.63) is 58.6 Å². The highest BCUT2D eigenvalue weighted by molar-refractivity contribution is 7.99. The summed E-state index contributed by atoms with van der Waals surface area (Å²) in [5.74, 6) is 1.29. The first-order chi connectivity index (χ1) is 14.0. The van der Waals surface area contributed by atoms with Gasteiger partial charge >= 0.3 is 0 Å². The molecule has 1 heterocycles. The molecular formula is C20H17Cl2N3O3S. The number of hydrogen-bond donors (Lipinski definition) is 1. The molecule has 0 saturated heterocycles. The summed E-state index contributed by atoms with van der Waals surface area (Å²) in [7, 11) is 3.19. The van der Waals surface area contributed by atoms with E-state index in [4.69, 9.17) is 32.7 Å². The van der Waals surface area contributed by atoms with E-state index >= 15 is 0 Å². The molecule has 150 valence electrons. The van der Waals surface area contributed by atoms with E-state index in [9.17, 15) is 4.79 Å². The summed E-state index contributed by atoms with van der Waals surface area (Å²) in [6.45, 7) is 0. The third kappa shape index (κ3) is 5.32. The van der Waals surface area contributed by atoms with Crippen LogP contribution in [0.25, 0.3) is 11.3 Å². The Labute approximate surface area is 182 Å². The lowest BCUT2D eigenvalue weighted by Crippen LogP contribution is -2.14. The molecule has 0 atom stereocenters. The van der Waals surface area contributed by atoms with Crippen molar-refractivity contribution in [1.29, 1.82) is 0 Å². The van der Waals surface area contributed by atoms with Crippen molar-refractivity contribution in [1.82, 2.24) is 10.2 Å². The predicted molar refractivity (Wildman–Crippen MR) is 116 cm³/mol. The summed E-state index contributed by atoms with van der Waals surface area (Å²) in [6, 6.07) is 14.1. The molecule has 6 nitrogen and oxygen atoms in total. The van der Waals surface area contributed by atoms with Gasteiger partial charge < -0.3 is 14.8 Å². The van der Waals surface area contributed by atoms with Gasteiger partial charge in [-0.1, -0.05) is 41.0 Å². The summed E-state index contributed by atoms with van der Waals surface area (Å²) in [5, 5.41) is 12.5.